The molecule has 2 aliphatic carbocycles. The lowest BCUT2D eigenvalue weighted by atomic mass is 9.64. The Kier molecular flexibility index (Phi) is 6.87. The first-order chi connectivity index (χ1) is 14.7. The molecule has 0 aromatic heterocycles. The minimum atomic E-state index is -0.0192. The Morgan fingerprint density at radius 2 is 1.67 bits per heavy atom. The Labute approximate surface area is 181 Å². The third-order valence-corrected chi connectivity index (χ3v) is 7.48. The van der Waals surface area contributed by atoms with Crippen molar-refractivity contribution in [1.82, 2.24) is 0 Å². The van der Waals surface area contributed by atoms with Gasteiger partial charge in [-0.1, -0.05) is 54.6 Å². The maximum Gasteiger partial charge on any atom is 0.127 e. The predicted octanol–water partition coefficient (Wildman–Crippen LogP) is 8.49. The maximum absolute atomic E-state index is 15.1. The summed E-state index contributed by atoms with van der Waals surface area (Å²) in [5.41, 5.74) is 4.31. The zero-order chi connectivity index (χ0) is 20.9. The summed E-state index contributed by atoms with van der Waals surface area (Å²) in [4.78, 5) is 0. The molecule has 2 saturated carbocycles. The molecule has 30 heavy (non-hydrogen) atoms. The Morgan fingerprint density at radius 1 is 0.933 bits per heavy atom. The average molecular weight is 403 g/mol. The van der Waals surface area contributed by atoms with Crippen LogP contribution in [-0.2, 0) is 6.42 Å². The molecule has 0 bridgehead atoms. The topological polar surface area (TPSA) is 0 Å². The highest BCUT2D eigenvalue weighted by Gasteiger charge is 2.36. The number of hydrogen-bond acceptors (Lipinski definition) is 0. The molecule has 0 N–H and O–H groups in total. The van der Waals surface area contributed by atoms with Crippen LogP contribution in [0.15, 0.2) is 67.3 Å². The first kappa shape index (κ1) is 21.1. The third-order valence-electron chi connectivity index (χ3n) is 7.48. The Balaban J connectivity index is 1.43. The van der Waals surface area contributed by atoms with Crippen molar-refractivity contribution in [3.05, 3.63) is 84.2 Å². The van der Waals surface area contributed by atoms with Crippen LogP contribution in [0.1, 0.15) is 68.9 Å². The molecule has 4 rings (SSSR count). The van der Waals surface area contributed by atoms with Crippen molar-refractivity contribution in [1.29, 1.82) is 0 Å². The van der Waals surface area contributed by atoms with E-state index in [4.69, 9.17) is 0 Å². The summed E-state index contributed by atoms with van der Waals surface area (Å²) >= 11 is 0. The number of benzene rings is 2. The average Bonchev–Trinajstić information content (AvgIpc) is 2.78. The molecule has 0 spiro atoms. The van der Waals surface area contributed by atoms with Crippen LogP contribution in [0.25, 0.3) is 11.1 Å². The van der Waals surface area contributed by atoms with Gasteiger partial charge in [0.05, 0.1) is 0 Å². The van der Waals surface area contributed by atoms with Crippen LogP contribution >= 0.6 is 0 Å². The van der Waals surface area contributed by atoms with E-state index in [-0.39, 0.29) is 5.82 Å². The Morgan fingerprint density at radius 3 is 2.40 bits per heavy atom. The van der Waals surface area contributed by atoms with Crippen LogP contribution < -0.4 is 0 Å². The molecule has 2 aliphatic rings. The van der Waals surface area contributed by atoms with Crippen molar-refractivity contribution < 1.29 is 4.39 Å². The van der Waals surface area contributed by atoms with Crippen molar-refractivity contribution in [2.24, 2.45) is 17.8 Å². The third kappa shape index (κ3) is 4.77. The molecule has 158 valence electrons. The van der Waals surface area contributed by atoms with Crippen LogP contribution in [0.3, 0.4) is 0 Å². The highest BCUT2D eigenvalue weighted by atomic mass is 19.1. The second-order valence-corrected chi connectivity index (χ2v) is 9.39. The van der Waals surface area contributed by atoms with E-state index in [2.05, 4.69) is 62.1 Å². The van der Waals surface area contributed by atoms with Crippen molar-refractivity contribution in [3.8, 4) is 11.1 Å². The molecule has 4 unspecified atom stereocenters. The van der Waals surface area contributed by atoms with E-state index in [0.29, 0.717) is 5.92 Å². The van der Waals surface area contributed by atoms with Gasteiger partial charge in [0.15, 0.2) is 0 Å². The van der Waals surface area contributed by atoms with Crippen LogP contribution in [0.5, 0.6) is 0 Å². The molecule has 2 aromatic carbocycles. The van der Waals surface area contributed by atoms with Gasteiger partial charge in [-0.25, -0.2) is 4.39 Å². The van der Waals surface area contributed by atoms with Gasteiger partial charge in [-0.15, -0.1) is 6.58 Å². The molecule has 0 radical (unpaired) electrons. The molecule has 0 nitrogen and oxygen atoms in total. The van der Waals surface area contributed by atoms with Crippen molar-refractivity contribution in [2.75, 3.05) is 0 Å². The molecular formula is C29H35F. The van der Waals surface area contributed by atoms with Gasteiger partial charge in [0.2, 0.25) is 0 Å². The van der Waals surface area contributed by atoms with Crippen molar-refractivity contribution in [2.45, 2.75) is 64.2 Å². The van der Waals surface area contributed by atoms with Crippen molar-refractivity contribution in [3.63, 3.8) is 0 Å². The normalized spacial score (nSPS) is 26.5. The fourth-order valence-electron chi connectivity index (χ4n) is 5.83. The molecule has 0 amide bonds. The van der Waals surface area contributed by atoms with Crippen LogP contribution in [-0.4, -0.2) is 0 Å². The molecule has 0 saturated heterocycles. The Bertz CT molecular complexity index is 876. The second kappa shape index (κ2) is 9.77. The van der Waals surface area contributed by atoms with Crippen LogP contribution in [0.2, 0.25) is 0 Å². The second-order valence-electron chi connectivity index (χ2n) is 9.39. The molecule has 1 heteroatoms. The van der Waals surface area contributed by atoms with E-state index in [1.54, 1.807) is 6.07 Å². The Hall–Kier alpha value is -2.15. The standard InChI is InChI=1S/C29H35F/c1-3-5-7-21-8-11-23(12-9-21)26-16-17-28(29(30)20-26)27-15-14-24-18-22(6-4-2)10-13-25(24)19-27/h3-4,6,8-9,11-12,16-17,20,22,24-25,27H,1,5,7,10,13-15,18-19H2,2H3/b6-4+. The lowest BCUT2D eigenvalue weighted by Crippen LogP contribution is -2.30. The minimum Gasteiger partial charge on any atom is -0.207 e. The summed E-state index contributed by atoms with van der Waals surface area (Å²) < 4.78 is 15.1. The summed E-state index contributed by atoms with van der Waals surface area (Å²) in [5, 5.41) is 0. The summed E-state index contributed by atoms with van der Waals surface area (Å²) in [5.74, 6) is 2.77. The highest BCUT2D eigenvalue weighted by molar-refractivity contribution is 5.64. The monoisotopic (exact) mass is 402 g/mol. The zero-order valence-corrected chi connectivity index (χ0v) is 18.3. The summed E-state index contributed by atoms with van der Waals surface area (Å²) in [6.45, 7) is 5.92. The smallest absolute Gasteiger partial charge is 0.127 e. The highest BCUT2D eigenvalue weighted by Crippen LogP contribution is 2.48. The van der Waals surface area contributed by atoms with E-state index in [0.717, 1.165) is 53.7 Å². The SMILES string of the molecule is C=CCCc1ccc(-c2ccc(C3CCC4CC(/C=C/C)CCC4C3)c(F)c2)cc1. The van der Waals surface area contributed by atoms with E-state index >= 15 is 4.39 Å². The van der Waals surface area contributed by atoms with Gasteiger partial charge in [-0.2, -0.15) is 0 Å². The van der Waals surface area contributed by atoms with E-state index in [1.807, 2.05) is 6.08 Å². The fraction of sp³-hybridized carbons (Fsp3) is 0.448. The summed E-state index contributed by atoms with van der Waals surface area (Å²) in [7, 11) is 0. The molecule has 2 aromatic rings. The zero-order valence-electron chi connectivity index (χ0n) is 18.3. The number of rotatable bonds is 6. The van der Waals surface area contributed by atoms with Gasteiger partial charge in [0, 0.05) is 0 Å². The van der Waals surface area contributed by atoms with Crippen LogP contribution in [0.4, 0.5) is 4.39 Å². The number of fused-ring (bicyclic) bond motifs is 1. The van der Waals surface area contributed by atoms with Crippen LogP contribution in [0, 0.1) is 23.6 Å². The van der Waals surface area contributed by atoms with Gasteiger partial charge >= 0.3 is 0 Å². The van der Waals surface area contributed by atoms with Gasteiger partial charge in [-0.05, 0) is 110 Å². The lowest BCUT2D eigenvalue weighted by Gasteiger charge is -2.42. The first-order valence-corrected chi connectivity index (χ1v) is 11.8. The largest absolute Gasteiger partial charge is 0.207 e. The van der Waals surface area contributed by atoms with Crippen molar-refractivity contribution >= 4 is 0 Å². The molecule has 2 fully saturated rings. The van der Waals surface area contributed by atoms with Gasteiger partial charge in [-0.3, -0.25) is 0 Å². The minimum absolute atomic E-state index is 0.0192. The van der Waals surface area contributed by atoms with Gasteiger partial charge in [0.1, 0.15) is 5.82 Å². The van der Waals surface area contributed by atoms with E-state index in [9.17, 15) is 0 Å². The van der Waals surface area contributed by atoms with Gasteiger partial charge < -0.3 is 0 Å². The maximum atomic E-state index is 15.1. The first-order valence-electron chi connectivity index (χ1n) is 11.8. The predicted molar refractivity (Wildman–Crippen MR) is 126 cm³/mol. The summed E-state index contributed by atoms with van der Waals surface area (Å²) in [6, 6.07) is 14.5. The quantitative estimate of drug-likeness (QED) is 0.425. The number of allylic oxidation sites excluding steroid dienone is 3. The molecule has 0 heterocycles. The number of halogens is 1. The summed E-state index contributed by atoms with van der Waals surface area (Å²) in [6.07, 6.45) is 16.1. The lowest BCUT2D eigenvalue weighted by molar-refractivity contribution is 0.132. The van der Waals surface area contributed by atoms with E-state index in [1.165, 1.54) is 37.7 Å². The van der Waals surface area contributed by atoms with E-state index < -0.39 is 0 Å². The molecule has 0 aliphatic heterocycles. The van der Waals surface area contributed by atoms with Gasteiger partial charge in [0.25, 0.3) is 0 Å². The fourth-order valence-corrected chi connectivity index (χ4v) is 5.83. The molecular weight excluding hydrogens is 367 g/mol. The number of aryl methyl sites for hydroxylation is 1. The molecule has 4 atom stereocenters. The number of hydrogen-bond donors (Lipinski definition) is 0.